The number of phenols is 1. The van der Waals surface area contributed by atoms with Crippen molar-refractivity contribution < 1.29 is 14.3 Å². The van der Waals surface area contributed by atoms with Gasteiger partial charge in [0.15, 0.2) is 5.76 Å². The summed E-state index contributed by atoms with van der Waals surface area (Å²) in [6, 6.07) is 20.9. The van der Waals surface area contributed by atoms with Crippen LogP contribution in [0.15, 0.2) is 71.1 Å². The minimum atomic E-state index is -0.184. The Hall–Kier alpha value is -3.37. The number of hydrogen-bond acceptors (Lipinski definition) is 4. The number of carbonyl (C=O) groups is 1. The fraction of sp³-hybridized carbons (Fsp3) is 0.160. The van der Waals surface area contributed by atoms with Crippen LogP contribution >= 0.6 is 0 Å². The Bertz CT molecular complexity index is 1170. The molecule has 1 N–H and O–H groups in total. The van der Waals surface area contributed by atoms with Gasteiger partial charge in [0.1, 0.15) is 11.3 Å². The van der Waals surface area contributed by atoms with Crippen LogP contribution in [0.5, 0.6) is 5.75 Å². The van der Waals surface area contributed by atoms with Crippen molar-refractivity contribution in [2.75, 3.05) is 14.1 Å². The number of nitrogens with zero attached hydrogens (tertiary/aromatic N) is 1. The molecule has 0 saturated heterocycles. The Balaban J connectivity index is 1.73. The zero-order chi connectivity index (χ0) is 20.5. The zero-order valence-electron chi connectivity index (χ0n) is 16.8. The number of phenolic OH excluding ortho intramolecular Hbond substituents is 1. The Morgan fingerprint density at radius 2 is 1.66 bits per heavy atom. The van der Waals surface area contributed by atoms with Gasteiger partial charge >= 0.3 is 0 Å². The van der Waals surface area contributed by atoms with E-state index in [0.717, 1.165) is 23.2 Å². The van der Waals surface area contributed by atoms with E-state index in [-0.39, 0.29) is 17.3 Å². The molecule has 0 atom stereocenters. The lowest BCUT2D eigenvalue weighted by molar-refractivity contribution is 0.101. The van der Waals surface area contributed by atoms with E-state index in [2.05, 4.69) is 4.90 Å². The molecule has 0 saturated carbocycles. The standard InChI is InChI=1S/C25H23NO3/c1-16-23-21(27)13-20(18-7-5-4-6-8-18)14-22(23)29-25(16)24(28)19-11-9-17(10-12-19)15-26(2)3/h4-14,27H,15H2,1-3H3. The second-order valence-corrected chi connectivity index (χ2v) is 7.55. The molecule has 0 amide bonds. The molecule has 0 aliphatic carbocycles. The molecule has 0 spiro atoms. The first-order valence-electron chi connectivity index (χ1n) is 9.54. The number of hydrogen-bond donors (Lipinski definition) is 1. The van der Waals surface area contributed by atoms with Crippen LogP contribution in [-0.2, 0) is 6.54 Å². The van der Waals surface area contributed by atoms with Crippen LogP contribution in [0.4, 0.5) is 0 Å². The third kappa shape index (κ3) is 3.67. The molecule has 0 aliphatic heterocycles. The van der Waals surface area contributed by atoms with Gasteiger partial charge in [0.25, 0.3) is 0 Å². The van der Waals surface area contributed by atoms with Crippen LogP contribution in [0.25, 0.3) is 22.1 Å². The van der Waals surface area contributed by atoms with Gasteiger partial charge in [0.2, 0.25) is 5.78 Å². The van der Waals surface area contributed by atoms with Gasteiger partial charge in [0, 0.05) is 17.7 Å². The summed E-state index contributed by atoms with van der Waals surface area (Å²) in [5.41, 5.74) is 4.68. The van der Waals surface area contributed by atoms with E-state index in [9.17, 15) is 9.90 Å². The molecule has 4 nitrogen and oxygen atoms in total. The number of fused-ring (bicyclic) bond motifs is 1. The average Bonchev–Trinajstić information content (AvgIpc) is 3.05. The van der Waals surface area contributed by atoms with Crippen LogP contribution in [0, 0.1) is 6.92 Å². The van der Waals surface area contributed by atoms with Crippen LogP contribution in [0.2, 0.25) is 0 Å². The number of aryl methyl sites for hydroxylation is 1. The first-order valence-corrected chi connectivity index (χ1v) is 9.54. The maximum absolute atomic E-state index is 13.1. The van der Waals surface area contributed by atoms with Gasteiger partial charge in [-0.3, -0.25) is 4.79 Å². The highest BCUT2D eigenvalue weighted by Crippen LogP contribution is 2.37. The minimum absolute atomic E-state index is 0.114. The van der Waals surface area contributed by atoms with Crippen molar-refractivity contribution in [2.45, 2.75) is 13.5 Å². The molecule has 4 rings (SSSR count). The summed E-state index contributed by atoms with van der Waals surface area (Å²) in [7, 11) is 4.01. The molecule has 0 bridgehead atoms. The van der Waals surface area contributed by atoms with E-state index in [0.29, 0.717) is 22.1 Å². The fourth-order valence-corrected chi connectivity index (χ4v) is 3.63. The summed E-state index contributed by atoms with van der Waals surface area (Å²) in [4.78, 5) is 15.1. The average molecular weight is 385 g/mol. The van der Waals surface area contributed by atoms with Crippen LogP contribution in [0.3, 0.4) is 0 Å². The van der Waals surface area contributed by atoms with Crippen molar-refractivity contribution >= 4 is 16.8 Å². The molecule has 146 valence electrons. The van der Waals surface area contributed by atoms with Crippen molar-refractivity contribution in [1.29, 1.82) is 0 Å². The van der Waals surface area contributed by atoms with Gasteiger partial charge in [0.05, 0.1) is 5.39 Å². The molecule has 4 aromatic rings. The monoisotopic (exact) mass is 385 g/mol. The largest absolute Gasteiger partial charge is 0.507 e. The molecular weight excluding hydrogens is 362 g/mol. The number of benzene rings is 3. The smallest absolute Gasteiger partial charge is 0.228 e. The summed E-state index contributed by atoms with van der Waals surface area (Å²) in [5.74, 6) is 0.194. The van der Waals surface area contributed by atoms with Gasteiger partial charge < -0.3 is 14.4 Å². The first kappa shape index (κ1) is 19.0. The van der Waals surface area contributed by atoms with Crippen molar-refractivity contribution in [3.8, 4) is 16.9 Å². The van der Waals surface area contributed by atoms with E-state index >= 15 is 0 Å². The topological polar surface area (TPSA) is 53.7 Å². The van der Waals surface area contributed by atoms with Gasteiger partial charge in [-0.05, 0) is 49.8 Å². The number of ketones is 1. The Labute approximate surface area is 170 Å². The third-order valence-electron chi connectivity index (χ3n) is 5.04. The number of carbonyl (C=O) groups excluding carboxylic acids is 1. The van der Waals surface area contributed by atoms with Crippen LogP contribution < -0.4 is 0 Å². The number of aromatic hydroxyl groups is 1. The normalized spacial score (nSPS) is 11.3. The lowest BCUT2D eigenvalue weighted by Gasteiger charge is -2.09. The van der Waals surface area contributed by atoms with E-state index in [1.54, 1.807) is 13.0 Å². The summed E-state index contributed by atoms with van der Waals surface area (Å²) in [6.07, 6.45) is 0. The fourth-order valence-electron chi connectivity index (χ4n) is 3.63. The third-order valence-corrected chi connectivity index (χ3v) is 5.04. The van der Waals surface area contributed by atoms with E-state index in [4.69, 9.17) is 4.42 Å². The summed E-state index contributed by atoms with van der Waals surface area (Å²) in [5, 5.41) is 11.2. The lowest BCUT2D eigenvalue weighted by atomic mass is 10.0. The molecule has 0 radical (unpaired) electrons. The predicted octanol–water partition coefficient (Wildman–Crippen LogP) is 5.41. The highest BCUT2D eigenvalue weighted by molar-refractivity contribution is 6.11. The number of rotatable bonds is 5. The molecule has 4 heteroatoms. The van der Waals surface area contributed by atoms with Gasteiger partial charge in [-0.25, -0.2) is 0 Å². The Morgan fingerprint density at radius 3 is 2.31 bits per heavy atom. The quantitative estimate of drug-likeness (QED) is 0.467. The van der Waals surface area contributed by atoms with Crippen molar-refractivity contribution in [2.24, 2.45) is 0 Å². The molecule has 29 heavy (non-hydrogen) atoms. The summed E-state index contributed by atoms with van der Waals surface area (Å²) in [6.45, 7) is 2.62. The minimum Gasteiger partial charge on any atom is -0.507 e. The Kier molecular flexibility index (Phi) is 4.95. The molecule has 0 unspecified atom stereocenters. The van der Waals surface area contributed by atoms with E-state index in [1.165, 1.54) is 0 Å². The molecular formula is C25H23NO3. The van der Waals surface area contributed by atoms with Crippen molar-refractivity contribution in [1.82, 2.24) is 4.90 Å². The van der Waals surface area contributed by atoms with Crippen molar-refractivity contribution in [3.05, 3.63) is 89.2 Å². The molecule has 3 aromatic carbocycles. The molecule has 1 aromatic heterocycles. The zero-order valence-corrected chi connectivity index (χ0v) is 16.8. The van der Waals surface area contributed by atoms with Crippen LogP contribution in [0.1, 0.15) is 27.2 Å². The Morgan fingerprint density at radius 1 is 0.966 bits per heavy atom. The molecule has 0 aliphatic rings. The number of furan rings is 1. The lowest BCUT2D eigenvalue weighted by Crippen LogP contribution is -2.10. The highest BCUT2D eigenvalue weighted by atomic mass is 16.3. The van der Waals surface area contributed by atoms with E-state index in [1.807, 2.05) is 74.8 Å². The molecule has 0 fully saturated rings. The maximum atomic E-state index is 13.1. The summed E-state index contributed by atoms with van der Waals surface area (Å²) < 4.78 is 5.94. The first-order chi connectivity index (χ1) is 13.9. The second-order valence-electron chi connectivity index (χ2n) is 7.55. The van der Waals surface area contributed by atoms with Crippen LogP contribution in [-0.4, -0.2) is 29.9 Å². The second kappa shape index (κ2) is 7.57. The van der Waals surface area contributed by atoms with Gasteiger partial charge in [-0.15, -0.1) is 0 Å². The maximum Gasteiger partial charge on any atom is 0.228 e. The van der Waals surface area contributed by atoms with Gasteiger partial charge in [-0.2, -0.15) is 0 Å². The van der Waals surface area contributed by atoms with E-state index < -0.39 is 0 Å². The summed E-state index contributed by atoms with van der Waals surface area (Å²) >= 11 is 0. The molecule has 1 heterocycles. The van der Waals surface area contributed by atoms with Gasteiger partial charge in [-0.1, -0.05) is 54.6 Å². The SMILES string of the molecule is Cc1c(C(=O)c2ccc(CN(C)C)cc2)oc2cc(-c3ccccc3)cc(O)c12. The predicted molar refractivity (Wildman–Crippen MR) is 115 cm³/mol. The van der Waals surface area contributed by atoms with Crippen molar-refractivity contribution in [3.63, 3.8) is 0 Å². The highest BCUT2D eigenvalue weighted by Gasteiger charge is 2.22.